The van der Waals surface area contributed by atoms with E-state index < -0.39 is 18.0 Å². The quantitative estimate of drug-likeness (QED) is 0.684. The van der Waals surface area contributed by atoms with E-state index in [0.717, 1.165) is 3.57 Å². The zero-order valence-corrected chi connectivity index (χ0v) is 13.3. The molecule has 0 aliphatic heterocycles. The van der Waals surface area contributed by atoms with Crippen molar-refractivity contribution in [2.75, 3.05) is 5.32 Å². The number of hydrogen-bond acceptors (Lipinski definition) is 2. The first-order chi connectivity index (χ1) is 8.81. The molecule has 2 amide bonds. The summed E-state index contributed by atoms with van der Waals surface area (Å²) in [6, 6.07) is 3.53. The lowest BCUT2D eigenvalue weighted by Crippen LogP contribution is -2.46. The van der Waals surface area contributed by atoms with Gasteiger partial charge in [0.1, 0.15) is 6.04 Å². The molecular weight excluding hydrogens is 383 g/mol. The van der Waals surface area contributed by atoms with Crippen LogP contribution in [0.1, 0.15) is 13.8 Å². The van der Waals surface area contributed by atoms with E-state index in [-0.39, 0.29) is 5.92 Å². The number of aliphatic carboxylic acids is 1. The average Bonchev–Trinajstić information content (AvgIpc) is 2.29. The molecule has 5 nitrogen and oxygen atoms in total. The molecule has 0 aliphatic rings. The Bertz CT molecular complexity index is 494. The number of carbonyl (C=O) groups is 2. The van der Waals surface area contributed by atoms with Crippen LogP contribution in [-0.2, 0) is 4.79 Å². The summed E-state index contributed by atoms with van der Waals surface area (Å²) in [5.41, 5.74) is 0.579. The molecule has 0 bridgehead atoms. The number of anilines is 1. The maximum Gasteiger partial charge on any atom is 0.326 e. The molecular formula is C12H14ClIN2O3. The summed E-state index contributed by atoms with van der Waals surface area (Å²) in [6.07, 6.45) is 0. The van der Waals surface area contributed by atoms with Gasteiger partial charge in [-0.2, -0.15) is 0 Å². The van der Waals surface area contributed by atoms with Crippen molar-refractivity contribution in [1.29, 1.82) is 0 Å². The van der Waals surface area contributed by atoms with Crippen molar-refractivity contribution in [3.63, 3.8) is 0 Å². The highest BCUT2D eigenvalue weighted by Gasteiger charge is 2.23. The second kappa shape index (κ2) is 6.95. The molecule has 1 rings (SSSR count). The van der Waals surface area contributed by atoms with E-state index in [1.165, 1.54) is 0 Å². The first-order valence-corrected chi connectivity index (χ1v) is 7.02. The predicted molar refractivity (Wildman–Crippen MR) is 82.6 cm³/mol. The number of carbonyl (C=O) groups excluding carboxylic acids is 1. The molecule has 3 N–H and O–H groups in total. The third-order valence-corrected chi connectivity index (χ3v) is 3.53. The fraction of sp³-hybridized carbons (Fsp3) is 0.333. The number of nitrogens with one attached hydrogen (secondary N) is 2. The molecule has 1 unspecified atom stereocenters. The van der Waals surface area contributed by atoms with Crippen LogP contribution in [0.5, 0.6) is 0 Å². The summed E-state index contributed by atoms with van der Waals surface area (Å²) in [7, 11) is 0. The van der Waals surface area contributed by atoms with Gasteiger partial charge in [-0.15, -0.1) is 0 Å². The van der Waals surface area contributed by atoms with Crippen molar-refractivity contribution < 1.29 is 14.7 Å². The van der Waals surface area contributed by atoms with E-state index >= 15 is 0 Å². The number of carboxylic acid groups (broad SMARTS) is 1. The molecule has 1 aromatic carbocycles. The predicted octanol–water partition coefficient (Wildman–Crippen LogP) is 3.18. The molecule has 7 heteroatoms. The van der Waals surface area contributed by atoms with Gasteiger partial charge in [-0.3, -0.25) is 0 Å². The lowest BCUT2D eigenvalue weighted by atomic mass is 10.1. The van der Waals surface area contributed by atoms with Gasteiger partial charge in [0.2, 0.25) is 0 Å². The van der Waals surface area contributed by atoms with E-state index in [0.29, 0.717) is 10.7 Å². The minimum atomic E-state index is -1.06. The topological polar surface area (TPSA) is 78.4 Å². The molecule has 0 aliphatic carbocycles. The Labute approximate surface area is 129 Å². The third kappa shape index (κ3) is 4.87. The molecule has 1 atom stereocenters. The highest BCUT2D eigenvalue weighted by molar-refractivity contribution is 14.1. The fourth-order valence-corrected chi connectivity index (χ4v) is 2.41. The van der Waals surface area contributed by atoms with Crippen molar-refractivity contribution in [2.24, 2.45) is 5.92 Å². The van der Waals surface area contributed by atoms with Gasteiger partial charge in [-0.1, -0.05) is 25.4 Å². The molecule has 19 heavy (non-hydrogen) atoms. The Morgan fingerprint density at radius 3 is 2.47 bits per heavy atom. The summed E-state index contributed by atoms with van der Waals surface area (Å²) < 4.78 is 0.775. The molecule has 0 saturated heterocycles. The number of benzene rings is 1. The van der Waals surface area contributed by atoms with Crippen molar-refractivity contribution in [1.82, 2.24) is 5.32 Å². The highest BCUT2D eigenvalue weighted by Crippen LogP contribution is 2.22. The summed E-state index contributed by atoms with van der Waals surface area (Å²) in [4.78, 5) is 22.7. The minimum Gasteiger partial charge on any atom is -0.480 e. The number of carboxylic acids is 1. The van der Waals surface area contributed by atoms with Crippen LogP contribution < -0.4 is 10.6 Å². The van der Waals surface area contributed by atoms with Crippen molar-refractivity contribution in [3.05, 3.63) is 26.8 Å². The maximum atomic E-state index is 11.7. The number of amides is 2. The van der Waals surface area contributed by atoms with Crippen molar-refractivity contribution in [3.8, 4) is 0 Å². The zero-order chi connectivity index (χ0) is 14.6. The van der Waals surface area contributed by atoms with Crippen LogP contribution in [0.25, 0.3) is 0 Å². The summed E-state index contributed by atoms with van der Waals surface area (Å²) in [6.45, 7) is 3.45. The van der Waals surface area contributed by atoms with E-state index in [4.69, 9.17) is 16.7 Å². The van der Waals surface area contributed by atoms with E-state index in [2.05, 4.69) is 10.6 Å². The molecule has 104 valence electrons. The number of halogens is 2. The minimum absolute atomic E-state index is 0.201. The van der Waals surface area contributed by atoms with Crippen LogP contribution in [0.3, 0.4) is 0 Å². The van der Waals surface area contributed by atoms with Gasteiger partial charge < -0.3 is 15.7 Å². The van der Waals surface area contributed by atoms with E-state index in [1.807, 2.05) is 22.6 Å². The normalized spacial score (nSPS) is 12.1. The second-order valence-electron chi connectivity index (χ2n) is 4.28. The first-order valence-electron chi connectivity index (χ1n) is 5.56. The Morgan fingerprint density at radius 2 is 2.00 bits per heavy atom. The molecule has 0 radical (unpaired) electrons. The van der Waals surface area contributed by atoms with Gasteiger partial charge in [0.15, 0.2) is 0 Å². The van der Waals surface area contributed by atoms with Crippen LogP contribution >= 0.6 is 34.2 Å². The zero-order valence-electron chi connectivity index (χ0n) is 10.4. The number of rotatable bonds is 4. The Hall–Kier alpha value is -1.02. The van der Waals surface area contributed by atoms with Crippen LogP contribution in [0, 0.1) is 9.49 Å². The lowest BCUT2D eigenvalue weighted by molar-refractivity contribution is -0.140. The number of urea groups is 1. The average molecular weight is 397 g/mol. The van der Waals surface area contributed by atoms with Crippen molar-refractivity contribution in [2.45, 2.75) is 19.9 Å². The summed E-state index contributed by atoms with van der Waals surface area (Å²) >= 11 is 7.85. The van der Waals surface area contributed by atoms with Crippen molar-refractivity contribution >= 4 is 51.9 Å². The molecule has 0 aromatic heterocycles. The highest BCUT2D eigenvalue weighted by atomic mass is 127. The van der Waals surface area contributed by atoms with E-state index in [9.17, 15) is 9.59 Å². The Balaban J connectivity index is 2.72. The SMILES string of the molecule is CC(C)C(NC(=O)Nc1ccc(Cl)cc1I)C(=O)O. The fourth-order valence-electron chi connectivity index (χ4n) is 1.40. The number of hydrogen-bond donors (Lipinski definition) is 3. The van der Waals surface area contributed by atoms with Gasteiger partial charge >= 0.3 is 12.0 Å². The van der Waals surface area contributed by atoms with Gasteiger partial charge in [0.25, 0.3) is 0 Å². The van der Waals surface area contributed by atoms with Crippen LogP contribution in [0.15, 0.2) is 18.2 Å². The van der Waals surface area contributed by atoms with E-state index in [1.54, 1.807) is 32.0 Å². The smallest absolute Gasteiger partial charge is 0.326 e. The summed E-state index contributed by atoms with van der Waals surface area (Å²) in [5.74, 6) is -1.26. The van der Waals surface area contributed by atoms with Crippen LogP contribution in [-0.4, -0.2) is 23.1 Å². The van der Waals surface area contributed by atoms with Gasteiger partial charge in [-0.25, -0.2) is 9.59 Å². The van der Waals surface area contributed by atoms with Crippen LogP contribution in [0.2, 0.25) is 5.02 Å². The molecule has 0 heterocycles. The standard InChI is InChI=1S/C12H14ClIN2O3/c1-6(2)10(11(17)18)16-12(19)15-9-4-3-7(13)5-8(9)14/h3-6,10H,1-2H3,(H,17,18)(H2,15,16,19). The summed E-state index contributed by atoms with van der Waals surface area (Å²) in [5, 5.41) is 14.6. The lowest BCUT2D eigenvalue weighted by Gasteiger charge is -2.18. The second-order valence-corrected chi connectivity index (χ2v) is 5.88. The van der Waals surface area contributed by atoms with Gasteiger partial charge in [0.05, 0.1) is 5.69 Å². The molecule has 0 saturated carbocycles. The molecule has 0 fully saturated rings. The maximum absolute atomic E-state index is 11.7. The third-order valence-electron chi connectivity index (χ3n) is 2.40. The Morgan fingerprint density at radius 1 is 1.37 bits per heavy atom. The molecule has 0 spiro atoms. The first kappa shape index (κ1) is 16.0. The van der Waals surface area contributed by atoms with Gasteiger partial charge in [-0.05, 0) is 46.7 Å². The van der Waals surface area contributed by atoms with Crippen LogP contribution in [0.4, 0.5) is 10.5 Å². The Kier molecular flexibility index (Phi) is 5.86. The monoisotopic (exact) mass is 396 g/mol. The largest absolute Gasteiger partial charge is 0.480 e. The molecule has 1 aromatic rings. The van der Waals surface area contributed by atoms with Gasteiger partial charge in [0, 0.05) is 8.59 Å².